The van der Waals surface area contributed by atoms with Crippen molar-refractivity contribution in [3.05, 3.63) is 72.1 Å². The van der Waals surface area contributed by atoms with Gasteiger partial charge in [-0.25, -0.2) is 9.97 Å². The van der Waals surface area contributed by atoms with Gasteiger partial charge in [0.05, 0.1) is 18.4 Å². The van der Waals surface area contributed by atoms with Crippen molar-refractivity contribution < 1.29 is 14.3 Å². The van der Waals surface area contributed by atoms with Gasteiger partial charge in [-0.15, -0.1) is 0 Å². The van der Waals surface area contributed by atoms with Gasteiger partial charge in [-0.1, -0.05) is 24.3 Å². The van der Waals surface area contributed by atoms with E-state index in [2.05, 4.69) is 15.3 Å². The first-order valence-corrected chi connectivity index (χ1v) is 9.19. The smallest absolute Gasteiger partial charge is 0.254 e. The standard InChI is InChI=1S/C22H20N4O3/c1-26-19-9-8-16(29-2)13-17(19)21(27)25-18(22(26)28)12-14-4-6-15(7-5-14)20-23-10-3-11-24-20/h3-11,13,18H,12H2,1-2H3,(H,25,27). The van der Waals surface area contributed by atoms with Crippen molar-refractivity contribution >= 4 is 17.5 Å². The summed E-state index contributed by atoms with van der Waals surface area (Å²) in [7, 11) is 3.22. The third-order valence-corrected chi connectivity index (χ3v) is 4.96. The van der Waals surface area contributed by atoms with E-state index in [0.717, 1.165) is 11.1 Å². The largest absolute Gasteiger partial charge is 0.497 e. The Labute approximate surface area is 168 Å². The van der Waals surface area contributed by atoms with E-state index in [4.69, 9.17) is 4.74 Å². The van der Waals surface area contributed by atoms with Gasteiger partial charge in [0, 0.05) is 31.4 Å². The fourth-order valence-electron chi connectivity index (χ4n) is 3.38. The number of aromatic nitrogens is 2. The zero-order valence-electron chi connectivity index (χ0n) is 16.1. The summed E-state index contributed by atoms with van der Waals surface area (Å²) in [5.41, 5.74) is 2.80. The number of benzene rings is 2. The molecule has 0 radical (unpaired) electrons. The molecular weight excluding hydrogens is 368 g/mol. The van der Waals surface area contributed by atoms with Gasteiger partial charge >= 0.3 is 0 Å². The highest BCUT2D eigenvalue weighted by molar-refractivity contribution is 6.11. The summed E-state index contributed by atoms with van der Waals surface area (Å²) < 4.78 is 5.21. The Balaban J connectivity index is 1.57. The first-order valence-electron chi connectivity index (χ1n) is 9.19. The molecular formula is C22H20N4O3. The minimum atomic E-state index is -0.662. The van der Waals surface area contributed by atoms with Crippen LogP contribution in [-0.2, 0) is 11.2 Å². The Morgan fingerprint density at radius 1 is 1.07 bits per heavy atom. The van der Waals surface area contributed by atoms with Crippen molar-refractivity contribution in [1.29, 1.82) is 0 Å². The van der Waals surface area contributed by atoms with Crippen molar-refractivity contribution in [2.24, 2.45) is 0 Å². The third-order valence-electron chi connectivity index (χ3n) is 4.96. The van der Waals surface area contributed by atoms with Crippen LogP contribution in [0.4, 0.5) is 5.69 Å². The van der Waals surface area contributed by atoms with Crippen LogP contribution in [0, 0.1) is 0 Å². The number of hydrogen-bond acceptors (Lipinski definition) is 5. The van der Waals surface area contributed by atoms with Crippen LogP contribution in [0.25, 0.3) is 11.4 Å². The first kappa shape index (κ1) is 18.6. The molecule has 0 saturated heterocycles. The second-order valence-corrected chi connectivity index (χ2v) is 6.78. The normalized spacial score (nSPS) is 16.1. The topological polar surface area (TPSA) is 84.4 Å². The summed E-state index contributed by atoms with van der Waals surface area (Å²) in [6.07, 6.45) is 3.77. The van der Waals surface area contributed by atoms with E-state index in [1.54, 1.807) is 43.7 Å². The van der Waals surface area contributed by atoms with Crippen LogP contribution in [0.15, 0.2) is 60.9 Å². The molecule has 29 heavy (non-hydrogen) atoms. The van der Waals surface area contributed by atoms with Crippen molar-refractivity contribution in [2.75, 3.05) is 19.1 Å². The second kappa shape index (κ2) is 7.71. The van der Waals surface area contributed by atoms with E-state index in [9.17, 15) is 9.59 Å². The molecule has 4 rings (SSSR count). The summed E-state index contributed by atoms with van der Waals surface area (Å²) in [5, 5.41) is 2.85. The number of anilines is 1. The maximum atomic E-state index is 13.0. The first-order chi connectivity index (χ1) is 14.1. The molecule has 2 heterocycles. The van der Waals surface area contributed by atoms with Gasteiger partial charge in [0.25, 0.3) is 5.91 Å². The lowest BCUT2D eigenvalue weighted by Gasteiger charge is -2.21. The second-order valence-electron chi connectivity index (χ2n) is 6.78. The van der Waals surface area contributed by atoms with Crippen molar-refractivity contribution in [1.82, 2.24) is 15.3 Å². The Kier molecular flexibility index (Phi) is 4.95. The summed E-state index contributed by atoms with van der Waals surface area (Å²) in [6, 6.07) is 13.9. The minimum Gasteiger partial charge on any atom is -0.497 e. The lowest BCUT2D eigenvalue weighted by molar-refractivity contribution is -0.120. The Bertz CT molecular complexity index is 1050. The fraction of sp³-hybridized carbons (Fsp3) is 0.182. The molecule has 0 aliphatic carbocycles. The Morgan fingerprint density at radius 2 is 1.79 bits per heavy atom. The van der Waals surface area contributed by atoms with E-state index in [0.29, 0.717) is 29.2 Å². The van der Waals surface area contributed by atoms with E-state index < -0.39 is 6.04 Å². The SMILES string of the molecule is COc1ccc2c(c1)C(=O)NC(Cc1ccc(-c3ncccn3)cc1)C(=O)N2C. The maximum Gasteiger partial charge on any atom is 0.254 e. The molecule has 1 aliphatic rings. The van der Waals surface area contributed by atoms with Gasteiger partial charge in [-0.2, -0.15) is 0 Å². The number of rotatable bonds is 4. The van der Waals surface area contributed by atoms with E-state index >= 15 is 0 Å². The Morgan fingerprint density at radius 3 is 2.48 bits per heavy atom. The lowest BCUT2D eigenvalue weighted by Crippen LogP contribution is -2.45. The molecule has 0 spiro atoms. The number of hydrogen-bond donors (Lipinski definition) is 1. The number of likely N-dealkylation sites (N-methyl/N-ethyl adjacent to an activating group) is 1. The number of amides is 2. The van der Waals surface area contributed by atoms with Gasteiger partial charge in [0.15, 0.2) is 5.82 Å². The van der Waals surface area contributed by atoms with Crippen molar-refractivity contribution in [3.8, 4) is 17.1 Å². The highest BCUT2D eigenvalue weighted by atomic mass is 16.5. The summed E-state index contributed by atoms with van der Waals surface area (Å²) in [5.74, 6) is 0.743. The molecule has 1 aliphatic heterocycles. The highest BCUT2D eigenvalue weighted by Gasteiger charge is 2.32. The molecule has 1 unspecified atom stereocenters. The van der Waals surface area contributed by atoms with Crippen molar-refractivity contribution in [3.63, 3.8) is 0 Å². The van der Waals surface area contributed by atoms with Crippen LogP contribution in [0.5, 0.6) is 5.75 Å². The molecule has 2 amide bonds. The van der Waals surface area contributed by atoms with Crippen LogP contribution in [0.3, 0.4) is 0 Å². The number of nitrogens with one attached hydrogen (secondary N) is 1. The molecule has 1 aromatic heterocycles. The zero-order chi connectivity index (χ0) is 20.4. The summed E-state index contributed by atoms with van der Waals surface area (Å²) in [4.78, 5) is 35.7. The van der Waals surface area contributed by atoms with Crippen LogP contribution in [0.2, 0.25) is 0 Å². The molecule has 2 aromatic carbocycles. The highest BCUT2D eigenvalue weighted by Crippen LogP contribution is 2.28. The number of carbonyl (C=O) groups is 2. The van der Waals surface area contributed by atoms with Gasteiger partial charge < -0.3 is 15.0 Å². The van der Waals surface area contributed by atoms with Gasteiger partial charge in [0.1, 0.15) is 11.8 Å². The van der Waals surface area contributed by atoms with E-state index in [-0.39, 0.29) is 11.8 Å². The minimum absolute atomic E-state index is 0.169. The monoisotopic (exact) mass is 388 g/mol. The van der Waals surface area contributed by atoms with Crippen LogP contribution in [-0.4, -0.2) is 42.0 Å². The van der Waals surface area contributed by atoms with Crippen LogP contribution in [0.1, 0.15) is 15.9 Å². The number of methoxy groups -OCH3 is 1. The number of nitrogens with zero attached hydrogens (tertiary/aromatic N) is 3. The molecule has 7 nitrogen and oxygen atoms in total. The molecule has 0 bridgehead atoms. The number of fused-ring (bicyclic) bond motifs is 1. The number of carbonyl (C=O) groups excluding carboxylic acids is 2. The van der Waals surface area contributed by atoms with Gasteiger partial charge in [0.2, 0.25) is 5.91 Å². The predicted molar refractivity (Wildman–Crippen MR) is 109 cm³/mol. The quantitative estimate of drug-likeness (QED) is 0.742. The zero-order valence-corrected chi connectivity index (χ0v) is 16.1. The predicted octanol–water partition coefficient (Wildman–Crippen LogP) is 2.47. The van der Waals surface area contributed by atoms with Crippen LogP contribution >= 0.6 is 0 Å². The van der Waals surface area contributed by atoms with Gasteiger partial charge in [-0.05, 0) is 29.8 Å². The van der Waals surface area contributed by atoms with Crippen LogP contribution < -0.4 is 15.0 Å². The summed E-state index contributed by atoms with van der Waals surface area (Å²) in [6.45, 7) is 0. The Hall–Kier alpha value is -3.74. The maximum absolute atomic E-state index is 13.0. The van der Waals surface area contributed by atoms with E-state index in [1.165, 1.54) is 12.0 Å². The van der Waals surface area contributed by atoms with E-state index in [1.807, 2.05) is 24.3 Å². The molecule has 0 saturated carbocycles. The molecule has 3 aromatic rings. The molecule has 1 N–H and O–H groups in total. The lowest BCUT2D eigenvalue weighted by atomic mass is 10.0. The average Bonchev–Trinajstić information content (AvgIpc) is 2.85. The fourth-order valence-corrected chi connectivity index (χ4v) is 3.38. The number of ether oxygens (including phenoxy) is 1. The molecule has 146 valence electrons. The molecule has 0 fully saturated rings. The molecule has 7 heteroatoms. The van der Waals surface area contributed by atoms with Gasteiger partial charge in [-0.3, -0.25) is 9.59 Å². The average molecular weight is 388 g/mol. The van der Waals surface area contributed by atoms with Crippen molar-refractivity contribution in [2.45, 2.75) is 12.5 Å². The molecule has 1 atom stereocenters. The summed E-state index contributed by atoms with van der Waals surface area (Å²) >= 11 is 0. The third kappa shape index (κ3) is 3.67.